The Balaban J connectivity index is 2.61. The lowest BCUT2D eigenvalue weighted by molar-refractivity contribution is 0.0624. The van der Waals surface area contributed by atoms with Crippen LogP contribution in [-0.4, -0.2) is 27.1 Å². The summed E-state index contributed by atoms with van der Waals surface area (Å²) in [7, 11) is 0. The number of aromatic nitrogens is 1. The van der Waals surface area contributed by atoms with Crippen molar-refractivity contribution in [3.63, 3.8) is 0 Å². The monoisotopic (exact) mass is 311 g/mol. The zero-order valence-corrected chi connectivity index (χ0v) is 10.3. The number of benzene rings is 1. The Bertz CT molecular complexity index is 603. The number of rotatable bonds is 3. The molecule has 18 heavy (non-hydrogen) atoms. The largest absolute Gasteiger partial charge is 0.476 e. The fraction of sp³-hybridized carbons (Fsp3) is 0. The van der Waals surface area contributed by atoms with Crippen molar-refractivity contribution in [1.82, 2.24) is 4.98 Å². The smallest absolute Gasteiger partial charge is 0.374 e. The molecule has 0 spiro atoms. The summed E-state index contributed by atoms with van der Waals surface area (Å²) in [5, 5.41) is 17.7. The van der Waals surface area contributed by atoms with Gasteiger partial charge in [0.15, 0.2) is 0 Å². The number of hydrogen-bond acceptors (Lipinski definition) is 4. The van der Waals surface area contributed by atoms with Gasteiger partial charge < -0.3 is 14.6 Å². The van der Waals surface area contributed by atoms with Crippen LogP contribution in [0.2, 0.25) is 0 Å². The summed E-state index contributed by atoms with van der Waals surface area (Å²) < 4.78 is 5.61. The Kier molecular flexibility index (Phi) is 3.15. The molecule has 0 aliphatic heterocycles. The summed E-state index contributed by atoms with van der Waals surface area (Å²) in [4.78, 5) is 25.4. The topological polar surface area (TPSA) is 101 Å². The van der Waals surface area contributed by atoms with Gasteiger partial charge in [-0.25, -0.2) is 14.6 Å². The summed E-state index contributed by atoms with van der Waals surface area (Å²) in [6, 6.07) is 6.80. The van der Waals surface area contributed by atoms with Crippen LogP contribution in [0.15, 0.2) is 33.2 Å². The summed E-state index contributed by atoms with van der Waals surface area (Å²) in [6.07, 6.45) is 0. The predicted molar refractivity (Wildman–Crippen MR) is 63.6 cm³/mol. The van der Waals surface area contributed by atoms with Gasteiger partial charge in [0.2, 0.25) is 17.3 Å². The summed E-state index contributed by atoms with van der Waals surface area (Å²) in [6.45, 7) is 0. The van der Waals surface area contributed by atoms with Gasteiger partial charge in [-0.3, -0.25) is 0 Å². The van der Waals surface area contributed by atoms with Crippen LogP contribution in [0.1, 0.15) is 21.0 Å². The molecule has 0 atom stereocenters. The Morgan fingerprint density at radius 3 is 2.33 bits per heavy atom. The minimum atomic E-state index is -1.47. The van der Waals surface area contributed by atoms with Gasteiger partial charge in [0.1, 0.15) is 0 Å². The molecular formula is C11H6BrNO5. The molecule has 0 saturated heterocycles. The number of nitrogens with zero attached hydrogens (tertiary/aromatic N) is 1. The van der Waals surface area contributed by atoms with Gasteiger partial charge in [-0.15, -0.1) is 0 Å². The molecule has 0 saturated carbocycles. The van der Waals surface area contributed by atoms with E-state index in [-0.39, 0.29) is 5.89 Å². The lowest BCUT2D eigenvalue weighted by atomic mass is 10.2. The molecule has 1 aromatic carbocycles. The molecule has 2 aromatic rings. The molecule has 0 aliphatic carbocycles. The van der Waals surface area contributed by atoms with E-state index in [1.54, 1.807) is 24.3 Å². The minimum Gasteiger partial charge on any atom is -0.476 e. The van der Waals surface area contributed by atoms with E-state index in [1.807, 2.05) is 0 Å². The average molecular weight is 312 g/mol. The number of aromatic carboxylic acids is 2. The molecule has 0 amide bonds. The van der Waals surface area contributed by atoms with Crippen molar-refractivity contribution in [1.29, 1.82) is 0 Å². The summed E-state index contributed by atoms with van der Waals surface area (Å²) in [5.74, 6) is -3.67. The fourth-order valence-electron chi connectivity index (χ4n) is 1.36. The molecule has 0 aliphatic rings. The van der Waals surface area contributed by atoms with Crippen molar-refractivity contribution >= 4 is 27.9 Å². The van der Waals surface area contributed by atoms with Crippen molar-refractivity contribution in [2.45, 2.75) is 0 Å². The van der Waals surface area contributed by atoms with Crippen LogP contribution in [-0.2, 0) is 0 Å². The third-order valence-electron chi connectivity index (χ3n) is 2.13. The second kappa shape index (κ2) is 4.61. The third-order valence-corrected chi connectivity index (χ3v) is 2.82. The van der Waals surface area contributed by atoms with E-state index >= 15 is 0 Å². The molecule has 2 N–H and O–H groups in total. The molecule has 92 valence electrons. The highest BCUT2D eigenvalue weighted by Gasteiger charge is 2.25. The number of oxazole rings is 1. The Labute approximate surface area is 109 Å². The van der Waals surface area contributed by atoms with E-state index in [1.165, 1.54) is 0 Å². The van der Waals surface area contributed by atoms with E-state index in [2.05, 4.69) is 20.9 Å². The molecule has 1 heterocycles. The van der Waals surface area contributed by atoms with E-state index in [9.17, 15) is 9.59 Å². The molecule has 0 unspecified atom stereocenters. The third kappa shape index (κ3) is 2.12. The Hall–Kier alpha value is -2.15. The zero-order chi connectivity index (χ0) is 13.3. The molecule has 6 nitrogen and oxygen atoms in total. The highest BCUT2D eigenvalue weighted by atomic mass is 79.9. The molecule has 0 fully saturated rings. The first-order valence-electron chi connectivity index (χ1n) is 4.73. The quantitative estimate of drug-likeness (QED) is 0.903. The van der Waals surface area contributed by atoms with Crippen LogP contribution in [0.4, 0.5) is 0 Å². The van der Waals surface area contributed by atoms with Gasteiger partial charge in [0, 0.05) is 4.47 Å². The molecule has 1 aromatic heterocycles. The normalized spacial score (nSPS) is 10.3. The Morgan fingerprint density at radius 1 is 1.17 bits per heavy atom. The maximum absolute atomic E-state index is 10.9. The number of halogens is 1. The first-order chi connectivity index (χ1) is 8.50. The minimum absolute atomic E-state index is 0.0581. The van der Waals surface area contributed by atoms with Crippen molar-refractivity contribution in [2.24, 2.45) is 0 Å². The second-order valence-corrected chi connectivity index (χ2v) is 4.14. The maximum Gasteiger partial charge on any atom is 0.374 e. The van der Waals surface area contributed by atoms with Crippen molar-refractivity contribution in [3.8, 4) is 11.5 Å². The summed E-state index contributed by atoms with van der Waals surface area (Å²) >= 11 is 3.25. The number of carboxylic acid groups (broad SMARTS) is 2. The van der Waals surface area contributed by atoms with E-state index in [0.29, 0.717) is 10.0 Å². The first kappa shape index (κ1) is 12.3. The van der Waals surface area contributed by atoms with Gasteiger partial charge in [0.05, 0.1) is 5.56 Å². The van der Waals surface area contributed by atoms with Gasteiger partial charge in [-0.1, -0.05) is 12.1 Å². The number of carboxylic acids is 2. The van der Waals surface area contributed by atoms with Crippen LogP contribution < -0.4 is 0 Å². The lowest BCUT2D eigenvalue weighted by Crippen LogP contribution is -2.05. The molecule has 0 radical (unpaired) electrons. The van der Waals surface area contributed by atoms with Crippen LogP contribution >= 0.6 is 15.9 Å². The maximum atomic E-state index is 10.9. The highest BCUT2D eigenvalue weighted by Crippen LogP contribution is 2.28. The lowest BCUT2D eigenvalue weighted by Gasteiger charge is -1.97. The molecular weight excluding hydrogens is 306 g/mol. The fourth-order valence-corrected chi connectivity index (χ4v) is 1.81. The van der Waals surface area contributed by atoms with E-state index in [0.717, 1.165) is 0 Å². The van der Waals surface area contributed by atoms with Gasteiger partial charge in [-0.2, -0.15) is 0 Å². The first-order valence-corrected chi connectivity index (χ1v) is 5.52. The molecule has 7 heteroatoms. The van der Waals surface area contributed by atoms with Gasteiger partial charge in [-0.05, 0) is 28.1 Å². The SMILES string of the molecule is O=C(O)c1nc(-c2ccccc2Br)oc1C(=O)O. The standard InChI is InChI=1S/C11H6BrNO5/c12-6-4-2-1-3-5(6)9-13-7(10(14)15)8(18-9)11(16)17/h1-4H,(H,14,15)(H,16,17). The Morgan fingerprint density at radius 2 is 1.83 bits per heavy atom. The van der Waals surface area contributed by atoms with E-state index in [4.69, 9.17) is 14.6 Å². The molecule has 0 bridgehead atoms. The average Bonchev–Trinajstić information content (AvgIpc) is 2.74. The van der Waals surface area contributed by atoms with Crippen molar-refractivity contribution in [2.75, 3.05) is 0 Å². The number of carbonyl (C=O) groups is 2. The predicted octanol–water partition coefficient (Wildman–Crippen LogP) is 2.50. The van der Waals surface area contributed by atoms with E-state index < -0.39 is 23.4 Å². The molecule has 2 rings (SSSR count). The van der Waals surface area contributed by atoms with Crippen LogP contribution in [0.3, 0.4) is 0 Å². The highest BCUT2D eigenvalue weighted by molar-refractivity contribution is 9.10. The van der Waals surface area contributed by atoms with Crippen molar-refractivity contribution < 1.29 is 24.2 Å². The second-order valence-electron chi connectivity index (χ2n) is 3.29. The number of hydrogen-bond donors (Lipinski definition) is 2. The van der Waals surface area contributed by atoms with Crippen molar-refractivity contribution in [3.05, 3.63) is 40.2 Å². The van der Waals surface area contributed by atoms with Gasteiger partial charge >= 0.3 is 11.9 Å². The van der Waals surface area contributed by atoms with Crippen LogP contribution in [0.25, 0.3) is 11.5 Å². The zero-order valence-electron chi connectivity index (χ0n) is 8.75. The van der Waals surface area contributed by atoms with Crippen LogP contribution in [0.5, 0.6) is 0 Å². The van der Waals surface area contributed by atoms with Crippen LogP contribution in [0, 0.1) is 0 Å². The summed E-state index contributed by atoms with van der Waals surface area (Å²) in [5.41, 5.74) is -0.138. The van der Waals surface area contributed by atoms with Gasteiger partial charge in [0.25, 0.3) is 0 Å².